The molecule has 0 amide bonds. The first-order valence-corrected chi connectivity index (χ1v) is 12.4. The Bertz CT molecular complexity index is 1480. The quantitative estimate of drug-likeness (QED) is 0.0992. The van der Waals surface area contributed by atoms with Crippen molar-refractivity contribution in [3.63, 3.8) is 0 Å². The summed E-state index contributed by atoms with van der Waals surface area (Å²) in [7, 11) is 1.55. The number of hydrogen-bond donors (Lipinski definition) is 2. The maximum Gasteiger partial charge on any atom is 0.310 e. The molecule has 4 rings (SSSR count). The smallest absolute Gasteiger partial charge is 0.310 e. The van der Waals surface area contributed by atoms with E-state index in [2.05, 4.69) is 19.0 Å². The van der Waals surface area contributed by atoms with E-state index in [1.54, 1.807) is 20.1 Å². The van der Waals surface area contributed by atoms with E-state index in [9.17, 15) is 10.0 Å². The Morgan fingerprint density at radius 2 is 1.92 bits per heavy atom. The molecule has 38 heavy (non-hydrogen) atoms. The number of carbonyl (C=O) groups is 1. The normalized spacial score (nSPS) is 11.7. The molecule has 0 bridgehead atoms. The lowest BCUT2D eigenvalue weighted by Gasteiger charge is -2.13. The number of para-hydroxylation sites is 2. The van der Waals surface area contributed by atoms with Crippen LogP contribution in [-0.4, -0.2) is 40.5 Å². The minimum Gasteiger partial charge on any atom is -0.495 e. The van der Waals surface area contributed by atoms with Crippen LogP contribution >= 0.6 is 0 Å². The van der Waals surface area contributed by atoms with Gasteiger partial charge in [-0.3, -0.25) is 9.48 Å². The number of hydrogen-bond acceptors (Lipinski definition) is 7. The minimum atomic E-state index is -0.300. The first-order chi connectivity index (χ1) is 18.4. The van der Waals surface area contributed by atoms with Crippen molar-refractivity contribution in [3.05, 3.63) is 77.5 Å². The molecule has 0 aliphatic heterocycles. The van der Waals surface area contributed by atoms with Crippen molar-refractivity contribution in [1.29, 1.82) is 0 Å². The lowest BCUT2D eigenvalue weighted by molar-refractivity contribution is -0.142. The molecule has 0 radical (unpaired) electrons. The van der Waals surface area contributed by atoms with Gasteiger partial charge in [0.25, 0.3) is 0 Å². The van der Waals surface area contributed by atoms with Crippen molar-refractivity contribution < 1.29 is 24.2 Å². The molecule has 0 atom stereocenters. The van der Waals surface area contributed by atoms with E-state index in [4.69, 9.17) is 25.0 Å². The molecule has 0 unspecified atom stereocenters. The highest BCUT2D eigenvalue weighted by Crippen LogP contribution is 2.36. The van der Waals surface area contributed by atoms with Gasteiger partial charge in [0.2, 0.25) is 0 Å². The van der Waals surface area contributed by atoms with E-state index >= 15 is 0 Å². The number of esters is 1. The Labute approximate surface area is 221 Å². The highest BCUT2D eigenvalue weighted by Gasteiger charge is 2.19. The van der Waals surface area contributed by atoms with Gasteiger partial charge in [0.1, 0.15) is 23.8 Å². The van der Waals surface area contributed by atoms with E-state index in [0.29, 0.717) is 23.7 Å². The van der Waals surface area contributed by atoms with Gasteiger partial charge in [-0.15, -0.1) is 0 Å². The van der Waals surface area contributed by atoms with Crippen LogP contribution in [0.3, 0.4) is 0 Å². The number of amidine groups is 1. The molecule has 0 saturated heterocycles. The summed E-state index contributed by atoms with van der Waals surface area (Å²) in [6.45, 7) is 6.47. The number of fused-ring (bicyclic) bond motifs is 1. The minimum absolute atomic E-state index is 0.0343. The van der Waals surface area contributed by atoms with E-state index in [1.165, 1.54) is 0 Å². The number of aromatic nitrogens is 2. The lowest BCUT2D eigenvalue weighted by atomic mass is 9.99. The van der Waals surface area contributed by atoms with Crippen LogP contribution in [0.15, 0.2) is 65.8 Å². The molecule has 0 fully saturated rings. The molecule has 0 aliphatic rings. The first kappa shape index (κ1) is 26.5. The summed E-state index contributed by atoms with van der Waals surface area (Å²) in [6, 6.07) is 19.1. The summed E-state index contributed by atoms with van der Waals surface area (Å²) in [5.74, 6) is 0.778. The molecule has 9 heteroatoms. The Kier molecular flexibility index (Phi) is 8.15. The van der Waals surface area contributed by atoms with E-state index in [1.807, 2.05) is 59.3 Å². The maximum atomic E-state index is 12.1. The van der Waals surface area contributed by atoms with Gasteiger partial charge in [-0.25, -0.2) is 0 Å². The summed E-state index contributed by atoms with van der Waals surface area (Å²) in [6.07, 6.45) is 0.131. The fourth-order valence-corrected chi connectivity index (χ4v) is 4.42. The van der Waals surface area contributed by atoms with Crippen molar-refractivity contribution in [3.8, 4) is 22.6 Å². The van der Waals surface area contributed by atoms with E-state index in [-0.39, 0.29) is 30.9 Å². The van der Waals surface area contributed by atoms with Gasteiger partial charge in [0.05, 0.1) is 31.2 Å². The van der Waals surface area contributed by atoms with Gasteiger partial charge < -0.3 is 25.2 Å². The van der Waals surface area contributed by atoms with Crippen molar-refractivity contribution in [2.24, 2.45) is 10.9 Å². The van der Waals surface area contributed by atoms with Crippen LogP contribution in [-0.2, 0) is 22.6 Å². The molecule has 1 aromatic heterocycles. The topological polar surface area (TPSA) is 121 Å². The molecule has 3 aromatic carbocycles. The molecule has 1 heterocycles. The summed E-state index contributed by atoms with van der Waals surface area (Å²) in [5.41, 5.74) is 10.5. The predicted molar refractivity (Wildman–Crippen MR) is 146 cm³/mol. The van der Waals surface area contributed by atoms with Crippen LogP contribution in [0.25, 0.3) is 22.0 Å². The number of benzene rings is 3. The summed E-state index contributed by atoms with van der Waals surface area (Å²) >= 11 is 0. The Morgan fingerprint density at radius 1 is 1.13 bits per heavy atom. The van der Waals surface area contributed by atoms with Gasteiger partial charge in [0.15, 0.2) is 5.84 Å². The van der Waals surface area contributed by atoms with E-state index < -0.39 is 0 Å². The number of ether oxygens (including phenoxy) is 3. The Balaban J connectivity index is 1.74. The van der Waals surface area contributed by atoms with Crippen LogP contribution in [0.1, 0.15) is 43.6 Å². The number of carbonyl (C=O) groups excluding carboxylic acids is 1. The molecular weight excluding hydrogens is 484 g/mol. The molecule has 9 nitrogen and oxygen atoms in total. The third-order valence-electron chi connectivity index (χ3n) is 6.16. The zero-order valence-electron chi connectivity index (χ0n) is 22.0. The molecule has 0 aliphatic carbocycles. The number of nitrogens with two attached hydrogens (primary N) is 1. The number of methoxy groups -OCH3 is 1. The number of rotatable bonds is 10. The average molecular weight is 517 g/mol. The second-order valence-corrected chi connectivity index (χ2v) is 8.97. The standard InChI is InChI=1S/C29H32N4O5/c1-5-37-27(34)16-20-9-6-7-12-26(20)38-17-24-23-15-19(13-14-25(23)33(31-24)18(2)3)21-10-8-11-22(28(21)36-4)29(30)32-35/h6-15,18,35H,5,16-17H2,1-4H3,(H2,30,32). The highest BCUT2D eigenvalue weighted by molar-refractivity contribution is 6.02. The second kappa shape index (κ2) is 11.7. The van der Waals surface area contributed by atoms with Gasteiger partial charge in [-0.05, 0) is 50.6 Å². The number of oxime groups is 1. The highest BCUT2D eigenvalue weighted by atomic mass is 16.5. The molecule has 0 saturated carbocycles. The maximum absolute atomic E-state index is 12.1. The molecule has 198 valence electrons. The fraction of sp³-hybridized carbons (Fsp3) is 0.276. The van der Waals surface area contributed by atoms with Crippen LogP contribution < -0.4 is 15.2 Å². The molecular formula is C29H32N4O5. The van der Waals surface area contributed by atoms with Gasteiger partial charge in [0, 0.05) is 22.6 Å². The van der Waals surface area contributed by atoms with Crippen molar-refractivity contribution in [2.75, 3.05) is 13.7 Å². The van der Waals surface area contributed by atoms with Crippen molar-refractivity contribution >= 4 is 22.7 Å². The molecule has 0 spiro atoms. The first-order valence-electron chi connectivity index (χ1n) is 12.4. The largest absolute Gasteiger partial charge is 0.495 e. The van der Waals surface area contributed by atoms with Crippen LogP contribution in [0.2, 0.25) is 0 Å². The third kappa shape index (κ3) is 5.41. The zero-order chi connectivity index (χ0) is 27.2. The Hall–Kier alpha value is -4.53. The van der Waals surface area contributed by atoms with Crippen LogP contribution in [0.4, 0.5) is 0 Å². The predicted octanol–water partition coefficient (Wildman–Crippen LogP) is 5.07. The third-order valence-corrected chi connectivity index (χ3v) is 6.16. The van der Waals surface area contributed by atoms with Gasteiger partial charge >= 0.3 is 5.97 Å². The second-order valence-electron chi connectivity index (χ2n) is 8.97. The molecule has 3 N–H and O–H groups in total. The van der Waals surface area contributed by atoms with Gasteiger partial charge in [-0.2, -0.15) is 5.10 Å². The fourth-order valence-electron chi connectivity index (χ4n) is 4.42. The van der Waals surface area contributed by atoms with Gasteiger partial charge in [-0.1, -0.05) is 41.6 Å². The summed E-state index contributed by atoms with van der Waals surface area (Å²) in [4.78, 5) is 12.1. The van der Waals surface area contributed by atoms with Crippen molar-refractivity contribution in [2.45, 2.75) is 39.8 Å². The summed E-state index contributed by atoms with van der Waals surface area (Å²) in [5, 5.41) is 18.1. The Morgan fingerprint density at radius 3 is 2.63 bits per heavy atom. The SMILES string of the molecule is CCOC(=O)Cc1ccccc1OCc1nn(C(C)C)c2ccc(-c3cccc(/C(N)=N/O)c3OC)cc12. The van der Waals surface area contributed by atoms with Crippen molar-refractivity contribution in [1.82, 2.24) is 9.78 Å². The van der Waals surface area contributed by atoms with Crippen LogP contribution in [0.5, 0.6) is 11.5 Å². The lowest BCUT2D eigenvalue weighted by Crippen LogP contribution is -2.14. The van der Waals surface area contributed by atoms with Crippen LogP contribution in [0, 0.1) is 0 Å². The average Bonchev–Trinajstić information content (AvgIpc) is 3.30. The monoisotopic (exact) mass is 516 g/mol. The van der Waals surface area contributed by atoms with E-state index in [0.717, 1.165) is 33.3 Å². The number of nitrogens with zero attached hydrogens (tertiary/aromatic N) is 3. The molecule has 4 aromatic rings. The summed E-state index contributed by atoms with van der Waals surface area (Å²) < 4.78 is 18.9. The zero-order valence-corrected chi connectivity index (χ0v) is 22.0.